The second-order valence-electron chi connectivity index (χ2n) is 5.18. The van der Waals surface area contributed by atoms with Gasteiger partial charge in [0.05, 0.1) is 0 Å². The molecule has 0 saturated carbocycles. The minimum Gasteiger partial charge on any atom is -0.490 e. The monoisotopic (exact) mass is 258 g/mol. The molecule has 0 spiro atoms. The SMILES string of the molecule is CCc1ccc(OC/C=C(\C)CCC=C(C)C)cc1. The van der Waals surface area contributed by atoms with Gasteiger partial charge >= 0.3 is 0 Å². The molecule has 19 heavy (non-hydrogen) atoms. The van der Waals surface area contributed by atoms with E-state index in [1.807, 2.05) is 12.1 Å². The maximum atomic E-state index is 5.71. The molecular formula is C18H26O. The Kier molecular flexibility index (Phi) is 7.02. The summed E-state index contributed by atoms with van der Waals surface area (Å²) in [6.45, 7) is 9.27. The van der Waals surface area contributed by atoms with Crippen LogP contribution in [0.4, 0.5) is 0 Å². The van der Waals surface area contributed by atoms with Crippen molar-refractivity contribution in [3.05, 3.63) is 53.1 Å². The third-order valence-corrected chi connectivity index (χ3v) is 3.10. The third kappa shape index (κ3) is 6.85. The summed E-state index contributed by atoms with van der Waals surface area (Å²) in [6, 6.07) is 8.35. The van der Waals surface area contributed by atoms with Crippen LogP contribution in [0.25, 0.3) is 0 Å². The Hall–Kier alpha value is -1.50. The zero-order valence-corrected chi connectivity index (χ0v) is 12.7. The number of hydrogen-bond acceptors (Lipinski definition) is 1. The van der Waals surface area contributed by atoms with Crippen LogP contribution in [-0.4, -0.2) is 6.61 Å². The summed E-state index contributed by atoms with van der Waals surface area (Å²) < 4.78 is 5.71. The topological polar surface area (TPSA) is 9.23 Å². The minimum atomic E-state index is 0.659. The highest BCUT2D eigenvalue weighted by molar-refractivity contribution is 5.27. The second-order valence-corrected chi connectivity index (χ2v) is 5.18. The molecule has 1 aromatic rings. The van der Waals surface area contributed by atoms with Crippen LogP contribution in [0.2, 0.25) is 0 Å². The predicted octanol–water partition coefficient (Wildman–Crippen LogP) is 5.32. The van der Waals surface area contributed by atoms with Crippen LogP contribution in [-0.2, 0) is 6.42 Å². The summed E-state index contributed by atoms with van der Waals surface area (Å²) in [5.74, 6) is 0.950. The molecule has 1 nitrogen and oxygen atoms in total. The summed E-state index contributed by atoms with van der Waals surface area (Å²) in [6.07, 6.45) is 7.76. The van der Waals surface area contributed by atoms with Gasteiger partial charge in [-0.05, 0) is 63.8 Å². The number of hydrogen-bond donors (Lipinski definition) is 0. The highest BCUT2D eigenvalue weighted by Gasteiger charge is 1.94. The van der Waals surface area contributed by atoms with Gasteiger partial charge in [-0.15, -0.1) is 0 Å². The van der Waals surface area contributed by atoms with Gasteiger partial charge in [-0.25, -0.2) is 0 Å². The fourth-order valence-electron chi connectivity index (χ4n) is 1.79. The largest absolute Gasteiger partial charge is 0.490 e. The fourth-order valence-corrected chi connectivity index (χ4v) is 1.79. The first-order valence-electron chi connectivity index (χ1n) is 7.12. The molecule has 0 unspecified atom stereocenters. The average Bonchev–Trinajstić information content (AvgIpc) is 2.39. The molecule has 1 aromatic carbocycles. The molecule has 0 aromatic heterocycles. The van der Waals surface area contributed by atoms with E-state index in [-0.39, 0.29) is 0 Å². The first kappa shape index (κ1) is 15.6. The van der Waals surface area contributed by atoms with Crippen molar-refractivity contribution in [2.75, 3.05) is 6.61 Å². The molecule has 0 N–H and O–H groups in total. The van der Waals surface area contributed by atoms with Gasteiger partial charge in [0.1, 0.15) is 12.4 Å². The van der Waals surface area contributed by atoms with E-state index in [1.165, 1.54) is 16.7 Å². The summed E-state index contributed by atoms with van der Waals surface area (Å²) in [4.78, 5) is 0. The maximum absolute atomic E-state index is 5.71. The molecule has 0 fully saturated rings. The Balaban J connectivity index is 2.33. The van der Waals surface area contributed by atoms with Gasteiger partial charge in [-0.2, -0.15) is 0 Å². The molecular weight excluding hydrogens is 232 g/mol. The smallest absolute Gasteiger partial charge is 0.119 e. The number of aryl methyl sites for hydroxylation is 1. The van der Waals surface area contributed by atoms with Crippen LogP contribution in [0, 0.1) is 0 Å². The van der Waals surface area contributed by atoms with Crippen LogP contribution >= 0.6 is 0 Å². The van der Waals surface area contributed by atoms with Crippen molar-refractivity contribution >= 4 is 0 Å². The van der Waals surface area contributed by atoms with Crippen molar-refractivity contribution in [1.29, 1.82) is 0 Å². The number of ether oxygens (including phenoxy) is 1. The van der Waals surface area contributed by atoms with Gasteiger partial charge < -0.3 is 4.74 Å². The van der Waals surface area contributed by atoms with E-state index >= 15 is 0 Å². The average molecular weight is 258 g/mol. The van der Waals surface area contributed by atoms with Crippen molar-refractivity contribution in [2.24, 2.45) is 0 Å². The number of allylic oxidation sites excluding steroid dienone is 3. The summed E-state index contributed by atoms with van der Waals surface area (Å²) in [5, 5.41) is 0. The van der Waals surface area contributed by atoms with E-state index in [1.54, 1.807) is 0 Å². The van der Waals surface area contributed by atoms with Crippen molar-refractivity contribution < 1.29 is 4.74 Å². The molecule has 104 valence electrons. The van der Waals surface area contributed by atoms with E-state index < -0.39 is 0 Å². The Morgan fingerprint density at radius 3 is 2.32 bits per heavy atom. The lowest BCUT2D eigenvalue weighted by molar-refractivity contribution is 0.361. The number of benzene rings is 1. The summed E-state index contributed by atoms with van der Waals surface area (Å²) in [5.41, 5.74) is 4.13. The Bertz CT molecular complexity index is 420. The summed E-state index contributed by atoms with van der Waals surface area (Å²) >= 11 is 0. The van der Waals surface area contributed by atoms with Crippen LogP contribution in [0.15, 0.2) is 47.6 Å². The van der Waals surface area contributed by atoms with Gasteiger partial charge in [0.15, 0.2) is 0 Å². The summed E-state index contributed by atoms with van der Waals surface area (Å²) in [7, 11) is 0. The molecule has 0 aliphatic rings. The van der Waals surface area contributed by atoms with Gasteiger partial charge in [0.25, 0.3) is 0 Å². The van der Waals surface area contributed by atoms with Crippen molar-refractivity contribution in [1.82, 2.24) is 0 Å². The Morgan fingerprint density at radius 2 is 1.74 bits per heavy atom. The van der Waals surface area contributed by atoms with Gasteiger partial charge in [-0.1, -0.05) is 36.3 Å². The van der Waals surface area contributed by atoms with E-state index in [9.17, 15) is 0 Å². The highest BCUT2D eigenvalue weighted by Crippen LogP contribution is 2.13. The van der Waals surface area contributed by atoms with Gasteiger partial charge in [0.2, 0.25) is 0 Å². The van der Waals surface area contributed by atoms with Gasteiger partial charge in [0, 0.05) is 0 Å². The second kappa shape index (κ2) is 8.58. The lowest BCUT2D eigenvalue weighted by atomic mass is 10.1. The highest BCUT2D eigenvalue weighted by atomic mass is 16.5. The zero-order chi connectivity index (χ0) is 14.1. The maximum Gasteiger partial charge on any atom is 0.119 e. The van der Waals surface area contributed by atoms with E-state index in [0.717, 1.165) is 25.0 Å². The molecule has 0 saturated heterocycles. The zero-order valence-electron chi connectivity index (χ0n) is 12.7. The van der Waals surface area contributed by atoms with Crippen molar-refractivity contribution in [2.45, 2.75) is 47.0 Å². The van der Waals surface area contributed by atoms with Crippen molar-refractivity contribution in [3.8, 4) is 5.75 Å². The molecule has 1 rings (SSSR count). The normalized spacial score (nSPS) is 11.3. The van der Waals surface area contributed by atoms with Gasteiger partial charge in [-0.3, -0.25) is 0 Å². The number of rotatable bonds is 7. The van der Waals surface area contributed by atoms with Crippen LogP contribution in [0.5, 0.6) is 5.75 Å². The fraction of sp³-hybridized carbons (Fsp3) is 0.444. The van der Waals surface area contributed by atoms with Crippen LogP contribution in [0.1, 0.15) is 46.1 Å². The van der Waals surface area contributed by atoms with E-state index in [0.29, 0.717) is 6.61 Å². The van der Waals surface area contributed by atoms with E-state index in [2.05, 4.69) is 52.0 Å². The molecule has 0 atom stereocenters. The third-order valence-electron chi connectivity index (χ3n) is 3.10. The molecule has 1 heteroatoms. The lowest BCUT2D eigenvalue weighted by Crippen LogP contribution is -1.95. The Morgan fingerprint density at radius 1 is 1.05 bits per heavy atom. The van der Waals surface area contributed by atoms with Crippen molar-refractivity contribution in [3.63, 3.8) is 0 Å². The predicted molar refractivity (Wildman–Crippen MR) is 83.7 cm³/mol. The quantitative estimate of drug-likeness (QED) is 0.601. The first-order chi connectivity index (χ1) is 9.11. The Labute approximate surface area is 118 Å². The molecule has 0 heterocycles. The molecule has 0 bridgehead atoms. The van der Waals surface area contributed by atoms with Crippen LogP contribution < -0.4 is 4.74 Å². The van der Waals surface area contributed by atoms with E-state index in [4.69, 9.17) is 4.74 Å². The molecule has 0 amide bonds. The minimum absolute atomic E-state index is 0.659. The molecule has 0 aliphatic heterocycles. The first-order valence-corrected chi connectivity index (χ1v) is 7.12. The molecule has 0 aliphatic carbocycles. The standard InChI is InChI=1S/C18H26O/c1-5-17-9-11-18(12-10-17)19-14-13-16(4)8-6-7-15(2)3/h7,9-13H,5-6,8,14H2,1-4H3/b16-13+. The van der Waals surface area contributed by atoms with Crippen LogP contribution in [0.3, 0.4) is 0 Å². The molecule has 0 radical (unpaired) electrons. The lowest BCUT2D eigenvalue weighted by Gasteiger charge is -2.05.